The van der Waals surface area contributed by atoms with Crippen LogP contribution in [0.1, 0.15) is 86.5 Å². The predicted molar refractivity (Wildman–Crippen MR) is 170 cm³/mol. The van der Waals surface area contributed by atoms with E-state index in [0.717, 1.165) is 58.3 Å². The van der Waals surface area contributed by atoms with Crippen molar-refractivity contribution < 1.29 is 37.8 Å². The van der Waals surface area contributed by atoms with Gasteiger partial charge in [0.2, 0.25) is 13.3 Å². The van der Waals surface area contributed by atoms with E-state index >= 15 is 0 Å². The Morgan fingerprint density at radius 1 is 1.09 bits per heavy atom. The van der Waals surface area contributed by atoms with Gasteiger partial charge in [0, 0.05) is 33.0 Å². The van der Waals surface area contributed by atoms with E-state index < -0.39 is 31.6 Å². The summed E-state index contributed by atoms with van der Waals surface area (Å²) in [5.74, 6) is -0.710. The van der Waals surface area contributed by atoms with Crippen molar-refractivity contribution in [3.8, 4) is 0 Å². The number of amides is 3. The predicted octanol–water partition coefficient (Wildman–Crippen LogP) is 3.93. The Kier molecular flexibility index (Phi) is 12.5. The van der Waals surface area contributed by atoms with E-state index in [4.69, 9.17) is 18.8 Å². The minimum absolute atomic E-state index is 0.0184. The maximum atomic E-state index is 14.2. The van der Waals surface area contributed by atoms with Gasteiger partial charge >= 0.3 is 0 Å². The van der Waals surface area contributed by atoms with Crippen molar-refractivity contribution in [2.75, 3.05) is 58.8 Å². The van der Waals surface area contributed by atoms with Crippen LogP contribution in [0.5, 0.6) is 0 Å². The lowest BCUT2D eigenvalue weighted by molar-refractivity contribution is -0.278. The van der Waals surface area contributed by atoms with Crippen LogP contribution in [0.25, 0.3) is 0 Å². The van der Waals surface area contributed by atoms with E-state index in [0.29, 0.717) is 19.4 Å². The zero-order valence-corrected chi connectivity index (χ0v) is 29.5. The van der Waals surface area contributed by atoms with Crippen LogP contribution >= 0.6 is 7.37 Å². The first-order chi connectivity index (χ1) is 21.2. The van der Waals surface area contributed by atoms with Gasteiger partial charge in [-0.15, -0.1) is 0 Å². The second kappa shape index (κ2) is 15.6. The number of hydroxylamine groups is 2. The number of carbonyl (C=O) groups excluding carboxylic acids is 3. The minimum Gasteiger partial charge on any atom is -0.353 e. The van der Waals surface area contributed by atoms with Crippen molar-refractivity contribution >= 4 is 25.1 Å². The number of hydrogen-bond acceptors (Lipinski definition) is 9. The molecule has 4 aliphatic rings. The lowest BCUT2D eigenvalue weighted by Gasteiger charge is -2.57. The first-order valence-corrected chi connectivity index (χ1v) is 19.2. The van der Waals surface area contributed by atoms with E-state index in [1.54, 1.807) is 11.8 Å². The summed E-state index contributed by atoms with van der Waals surface area (Å²) in [7, 11) is -3.23. The highest BCUT2D eigenvalue weighted by Gasteiger charge is 2.55. The summed E-state index contributed by atoms with van der Waals surface area (Å²) in [5.41, 5.74) is -0.251. The van der Waals surface area contributed by atoms with Gasteiger partial charge < -0.3 is 23.8 Å². The average molecular weight is 657 g/mol. The zero-order valence-electron chi connectivity index (χ0n) is 28.6. The van der Waals surface area contributed by atoms with E-state index in [1.165, 1.54) is 11.7 Å². The fraction of sp³-hybridized carbons (Fsp3) is 0.906. The van der Waals surface area contributed by atoms with Gasteiger partial charge in [-0.1, -0.05) is 34.6 Å². The smallest absolute Gasteiger partial charge is 0.257 e. The number of unbranched alkanes of at least 4 members (excludes halogenated alkanes) is 1. The topological polar surface area (TPSA) is 118 Å². The van der Waals surface area contributed by atoms with Gasteiger partial charge in [0.1, 0.15) is 12.2 Å². The second-order valence-corrected chi connectivity index (χ2v) is 17.4. The molecule has 4 rings (SSSR count). The second-order valence-electron chi connectivity index (χ2n) is 14.8. The third-order valence-corrected chi connectivity index (χ3v) is 10.5. The number of nitrogens with zero attached hydrogens (tertiary/aromatic N) is 4. The molecule has 2 unspecified atom stereocenters. The molecule has 0 aromatic heterocycles. The molecule has 0 aliphatic carbocycles. The molecule has 12 nitrogen and oxygen atoms in total. The van der Waals surface area contributed by atoms with Crippen LogP contribution in [-0.2, 0) is 37.8 Å². The summed E-state index contributed by atoms with van der Waals surface area (Å²) in [6.45, 7) is 17.6. The van der Waals surface area contributed by atoms with Gasteiger partial charge in [0.15, 0.2) is 18.6 Å². The van der Waals surface area contributed by atoms with Crippen molar-refractivity contribution in [3.05, 3.63) is 0 Å². The zero-order chi connectivity index (χ0) is 32.9. The first-order valence-electron chi connectivity index (χ1n) is 17.0. The van der Waals surface area contributed by atoms with Gasteiger partial charge in [0.05, 0.1) is 19.2 Å². The maximum Gasteiger partial charge on any atom is 0.257 e. The van der Waals surface area contributed by atoms with Gasteiger partial charge in [-0.25, -0.2) is 0 Å². The fourth-order valence-electron chi connectivity index (χ4n) is 6.72. The van der Waals surface area contributed by atoms with Crippen LogP contribution in [0, 0.1) is 11.3 Å². The summed E-state index contributed by atoms with van der Waals surface area (Å²) in [4.78, 5) is 53.8. The molecule has 0 radical (unpaired) electrons. The summed E-state index contributed by atoms with van der Waals surface area (Å²) in [6.07, 6.45) is 3.93. The maximum absolute atomic E-state index is 14.2. The van der Waals surface area contributed by atoms with Crippen LogP contribution in [0.4, 0.5) is 0 Å². The van der Waals surface area contributed by atoms with Crippen molar-refractivity contribution in [2.24, 2.45) is 11.3 Å². The number of hydrogen-bond donors (Lipinski definition) is 0. The Morgan fingerprint density at radius 3 is 2.44 bits per heavy atom. The molecule has 5 atom stereocenters. The van der Waals surface area contributed by atoms with Crippen molar-refractivity contribution in [3.63, 3.8) is 0 Å². The van der Waals surface area contributed by atoms with Crippen LogP contribution in [0.3, 0.4) is 0 Å². The molecular weight excluding hydrogens is 599 g/mol. The van der Waals surface area contributed by atoms with Crippen molar-refractivity contribution in [2.45, 2.75) is 117 Å². The lowest BCUT2D eigenvalue weighted by Crippen LogP contribution is -2.76. The Hall–Kier alpha value is -1.56. The van der Waals surface area contributed by atoms with Crippen LogP contribution in [0.2, 0.25) is 0 Å². The Morgan fingerprint density at radius 2 is 1.82 bits per heavy atom. The van der Waals surface area contributed by atoms with Gasteiger partial charge in [-0.3, -0.25) is 28.7 Å². The molecule has 0 bridgehead atoms. The highest BCUT2D eigenvalue weighted by molar-refractivity contribution is 7.59. The number of ether oxygens (including phenoxy) is 2. The summed E-state index contributed by atoms with van der Waals surface area (Å²) < 4.78 is 30.0. The Bertz CT molecular complexity index is 1070. The average Bonchev–Trinajstić information content (AvgIpc) is 2.92. The summed E-state index contributed by atoms with van der Waals surface area (Å²) >= 11 is 0. The molecular formula is C32H57N4O8P. The largest absolute Gasteiger partial charge is 0.353 e. The highest BCUT2D eigenvalue weighted by Crippen LogP contribution is 2.43. The molecule has 258 valence electrons. The standard InChI is InChI=1S/C32H57N4O8P/c1-8-43-45(7,40)22-28(37)36-27-21-34(24-19-33(20-24)14-10-12-16-42-29-13-9-11-15-41-29)30(38)25(18-32(4,5)6)35(27)31(39)26(44-36)17-23(2)3/h23-27,29H,8-22H2,1-7H3/t25-,26+,27-,29?,45?/m0/s1. The molecule has 13 heteroatoms. The SMILES string of the molecule is CCOP(C)(=O)CC(=O)N1O[C@H](CC(C)C)C(=O)N2[C@@H]1CN(C1CN(CCCCOC3CCCCO3)C1)C(=O)[C@@H]2CC(C)(C)C. The lowest BCUT2D eigenvalue weighted by atomic mass is 9.84. The summed E-state index contributed by atoms with van der Waals surface area (Å²) in [5, 5.41) is 1.24. The van der Waals surface area contributed by atoms with Gasteiger partial charge in [0.25, 0.3) is 11.8 Å². The van der Waals surface area contributed by atoms with Crippen LogP contribution in [-0.4, -0.2) is 127 Å². The molecule has 4 heterocycles. The van der Waals surface area contributed by atoms with Crippen LogP contribution in [0.15, 0.2) is 0 Å². The molecule has 4 saturated heterocycles. The molecule has 0 aromatic carbocycles. The highest BCUT2D eigenvalue weighted by atomic mass is 31.2. The molecule has 0 N–H and O–H groups in total. The van der Waals surface area contributed by atoms with Crippen molar-refractivity contribution in [1.29, 1.82) is 0 Å². The first kappa shape index (κ1) is 36.3. The molecule has 0 spiro atoms. The van der Waals surface area contributed by atoms with E-state index in [2.05, 4.69) is 25.7 Å². The van der Waals surface area contributed by atoms with E-state index in [9.17, 15) is 18.9 Å². The Balaban J connectivity index is 1.46. The van der Waals surface area contributed by atoms with Gasteiger partial charge in [-0.05, 0) is 69.7 Å². The minimum atomic E-state index is -3.23. The van der Waals surface area contributed by atoms with E-state index in [1.807, 2.05) is 18.7 Å². The summed E-state index contributed by atoms with van der Waals surface area (Å²) in [6, 6.07) is -0.742. The number of piperazine rings is 1. The van der Waals surface area contributed by atoms with E-state index in [-0.39, 0.29) is 54.8 Å². The molecule has 3 amide bonds. The molecule has 4 fully saturated rings. The third-order valence-electron chi connectivity index (χ3n) is 8.88. The normalized spacial score (nSPS) is 28.3. The Labute approximate surface area is 269 Å². The third kappa shape index (κ3) is 9.73. The number of rotatable bonds is 14. The van der Waals surface area contributed by atoms with Gasteiger partial charge in [-0.2, -0.15) is 5.06 Å². The monoisotopic (exact) mass is 656 g/mol. The fourth-order valence-corrected chi connectivity index (χ4v) is 7.99. The molecule has 45 heavy (non-hydrogen) atoms. The number of fused-ring (bicyclic) bond motifs is 1. The molecule has 4 aliphatic heterocycles. The molecule has 0 saturated carbocycles. The number of carbonyl (C=O) groups is 3. The number of likely N-dealkylation sites (tertiary alicyclic amines) is 1. The quantitative estimate of drug-likeness (QED) is 0.203. The van der Waals surface area contributed by atoms with Crippen LogP contribution < -0.4 is 0 Å². The van der Waals surface area contributed by atoms with Crippen molar-refractivity contribution in [1.82, 2.24) is 19.8 Å². The molecule has 0 aromatic rings.